The van der Waals surface area contributed by atoms with Crippen LogP contribution in [0.25, 0.3) is 0 Å². The predicted molar refractivity (Wildman–Crippen MR) is 79.3 cm³/mol. The minimum absolute atomic E-state index is 0.465. The zero-order chi connectivity index (χ0) is 13.1. The SMILES string of the molecule is OC(Cc1ccc(Cl)cc1Cl)c1cccc(Br)c1. The van der Waals surface area contributed by atoms with Gasteiger partial charge in [0.05, 0.1) is 6.10 Å². The van der Waals surface area contributed by atoms with Crippen LogP contribution in [0.5, 0.6) is 0 Å². The van der Waals surface area contributed by atoms with Gasteiger partial charge in [0.25, 0.3) is 0 Å². The molecule has 2 rings (SSSR count). The van der Waals surface area contributed by atoms with Gasteiger partial charge in [0.1, 0.15) is 0 Å². The highest BCUT2D eigenvalue weighted by molar-refractivity contribution is 9.10. The monoisotopic (exact) mass is 344 g/mol. The molecule has 0 fully saturated rings. The first-order chi connectivity index (χ1) is 8.56. The molecule has 0 radical (unpaired) electrons. The highest BCUT2D eigenvalue weighted by Gasteiger charge is 2.11. The van der Waals surface area contributed by atoms with Crippen molar-refractivity contribution < 1.29 is 5.11 Å². The van der Waals surface area contributed by atoms with Gasteiger partial charge >= 0.3 is 0 Å². The van der Waals surface area contributed by atoms with Crippen molar-refractivity contribution in [3.8, 4) is 0 Å². The Hall–Kier alpha value is -0.540. The molecular formula is C14H11BrCl2O. The van der Waals surface area contributed by atoms with Gasteiger partial charge in [-0.3, -0.25) is 0 Å². The van der Waals surface area contributed by atoms with Gasteiger partial charge in [0, 0.05) is 20.9 Å². The van der Waals surface area contributed by atoms with Crippen LogP contribution in [0.3, 0.4) is 0 Å². The summed E-state index contributed by atoms with van der Waals surface area (Å²) in [6.07, 6.45) is -0.118. The lowest BCUT2D eigenvalue weighted by molar-refractivity contribution is 0.178. The Morgan fingerprint density at radius 1 is 1.11 bits per heavy atom. The summed E-state index contributed by atoms with van der Waals surface area (Å²) in [5.41, 5.74) is 1.74. The first-order valence-corrected chi connectivity index (χ1v) is 6.98. The lowest BCUT2D eigenvalue weighted by Crippen LogP contribution is -2.02. The average molecular weight is 346 g/mol. The highest BCUT2D eigenvalue weighted by Crippen LogP contribution is 2.27. The van der Waals surface area contributed by atoms with Gasteiger partial charge < -0.3 is 5.11 Å². The fraction of sp³-hybridized carbons (Fsp3) is 0.143. The largest absolute Gasteiger partial charge is 0.388 e. The maximum atomic E-state index is 10.2. The Morgan fingerprint density at radius 3 is 2.56 bits per heavy atom. The van der Waals surface area contributed by atoms with E-state index in [1.807, 2.05) is 30.3 Å². The Kier molecular flexibility index (Phi) is 4.68. The lowest BCUT2D eigenvalue weighted by Gasteiger charge is -2.12. The summed E-state index contributed by atoms with van der Waals surface area (Å²) in [5.74, 6) is 0. The third-order valence-electron chi connectivity index (χ3n) is 2.66. The minimum atomic E-state index is -0.582. The molecule has 2 aromatic rings. The van der Waals surface area contributed by atoms with Crippen LogP contribution >= 0.6 is 39.1 Å². The summed E-state index contributed by atoms with van der Waals surface area (Å²) in [5, 5.41) is 11.4. The van der Waals surface area contributed by atoms with Gasteiger partial charge in [0.15, 0.2) is 0 Å². The fourth-order valence-corrected chi connectivity index (χ4v) is 2.63. The molecule has 0 bridgehead atoms. The zero-order valence-corrected chi connectivity index (χ0v) is 12.5. The van der Waals surface area contributed by atoms with Crippen molar-refractivity contribution in [2.75, 3.05) is 0 Å². The van der Waals surface area contributed by atoms with E-state index in [0.29, 0.717) is 16.5 Å². The van der Waals surface area contributed by atoms with Gasteiger partial charge in [-0.05, 0) is 35.4 Å². The van der Waals surface area contributed by atoms with Gasteiger partial charge in [-0.25, -0.2) is 0 Å². The van der Waals surface area contributed by atoms with E-state index < -0.39 is 6.10 Å². The van der Waals surface area contributed by atoms with Crippen LogP contribution < -0.4 is 0 Å². The number of hydrogen-bond donors (Lipinski definition) is 1. The Morgan fingerprint density at radius 2 is 1.89 bits per heavy atom. The molecule has 1 atom stereocenters. The third-order valence-corrected chi connectivity index (χ3v) is 3.74. The van der Waals surface area contributed by atoms with E-state index >= 15 is 0 Å². The molecule has 0 amide bonds. The zero-order valence-electron chi connectivity index (χ0n) is 9.41. The van der Waals surface area contributed by atoms with Crippen LogP contribution in [0.4, 0.5) is 0 Å². The molecule has 0 saturated heterocycles. The number of aliphatic hydroxyl groups excluding tert-OH is 1. The second kappa shape index (κ2) is 6.07. The Balaban J connectivity index is 2.18. The highest BCUT2D eigenvalue weighted by atomic mass is 79.9. The lowest BCUT2D eigenvalue weighted by atomic mass is 10.0. The third kappa shape index (κ3) is 3.48. The molecule has 0 spiro atoms. The summed E-state index contributed by atoms with van der Waals surface area (Å²) < 4.78 is 0.946. The van der Waals surface area contributed by atoms with E-state index in [-0.39, 0.29) is 0 Å². The number of aliphatic hydroxyl groups is 1. The molecule has 0 aliphatic carbocycles. The van der Waals surface area contributed by atoms with Crippen molar-refractivity contribution in [2.45, 2.75) is 12.5 Å². The molecule has 0 aliphatic heterocycles. The van der Waals surface area contributed by atoms with Crippen molar-refractivity contribution in [1.82, 2.24) is 0 Å². The van der Waals surface area contributed by atoms with Gasteiger partial charge in [-0.15, -0.1) is 0 Å². The quantitative estimate of drug-likeness (QED) is 0.826. The van der Waals surface area contributed by atoms with Crippen LogP contribution in [0.15, 0.2) is 46.9 Å². The van der Waals surface area contributed by atoms with E-state index in [2.05, 4.69) is 15.9 Å². The number of halogens is 3. The Labute approximate surface area is 124 Å². The number of rotatable bonds is 3. The molecule has 0 aromatic heterocycles. The Bertz CT molecular complexity index is 557. The van der Waals surface area contributed by atoms with Gasteiger partial charge in [-0.2, -0.15) is 0 Å². The molecule has 1 N–H and O–H groups in total. The topological polar surface area (TPSA) is 20.2 Å². The minimum Gasteiger partial charge on any atom is -0.388 e. The molecule has 1 nitrogen and oxygen atoms in total. The van der Waals surface area contributed by atoms with Crippen LogP contribution in [0.2, 0.25) is 10.0 Å². The second-order valence-electron chi connectivity index (χ2n) is 4.01. The summed E-state index contributed by atoms with van der Waals surface area (Å²) >= 11 is 15.3. The standard InChI is InChI=1S/C14H11BrCl2O/c15-11-3-1-2-10(6-11)14(18)7-9-4-5-12(16)8-13(9)17/h1-6,8,14,18H,7H2. The van der Waals surface area contributed by atoms with E-state index in [1.165, 1.54) is 0 Å². The summed E-state index contributed by atoms with van der Waals surface area (Å²) in [4.78, 5) is 0. The van der Waals surface area contributed by atoms with E-state index in [9.17, 15) is 5.11 Å². The second-order valence-corrected chi connectivity index (χ2v) is 5.77. The van der Waals surface area contributed by atoms with E-state index in [4.69, 9.17) is 23.2 Å². The van der Waals surface area contributed by atoms with Crippen molar-refractivity contribution in [1.29, 1.82) is 0 Å². The normalized spacial score (nSPS) is 12.4. The molecule has 94 valence electrons. The molecule has 2 aromatic carbocycles. The fourth-order valence-electron chi connectivity index (χ4n) is 1.73. The average Bonchev–Trinajstić information content (AvgIpc) is 2.32. The van der Waals surface area contributed by atoms with Gasteiger partial charge in [-0.1, -0.05) is 57.3 Å². The molecule has 0 heterocycles. The molecule has 18 heavy (non-hydrogen) atoms. The van der Waals surface area contributed by atoms with Crippen LogP contribution in [0.1, 0.15) is 17.2 Å². The number of benzene rings is 2. The smallest absolute Gasteiger partial charge is 0.0831 e. The summed E-state index contributed by atoms with van der Waals surface area (Å²) in [7, 11) is 0. The first kappa shape index (κ1) is 13.9. The maximum Gasteiger partial charge on any atom is 0.0831 e. The molecular weight excluding hydrogens is 335 g/mol. The van der Waals surface area contributed by atoms with Crippen LogP contribution in [-0.4, -0.2) is 5.11 Å². The van der Waals surface area contributed by atoms with Crippen molar-refractivity contribution >= 4 is 39.1 Å². The van der Waals surface area contributed by atoms with E-state index in [0.717, 1.165) is 15.6 Å². The van der Waals surface area contributed by atoms with Crippen LogP contribution in [-0.2, 0) is 6.42 Å². The summed E-state index contributed by atoms with van der Waals surface area (Å²) in [6.45, 7) is 0. The first-order valence-electron chi connectivity index (χ1n) is 5.44. The predicted octanol–water partition coefficient (Wildman–Crippen LogP) is 5.03. The molecule has 0 aliphatic rings. The summed E-state index contributed by atoms with van der Waals surface area (Å²) in [6, 6.07) is 12.9. The maximum absolute atomic E-state index is 10.2. The molecule has 4 heteroatoms. The number of hydrogen-bond acceptors (Lipinski definition) is 1. The van der Waals surface area contributed by atoms with Crippen LogP contribution in [0, 0.1) is 0 Å². The van der Waals surface area contributed by atoms with Crippen molar-refractivity contribution in [3.05, 3.63) is 68.1 Å². The molecule has 1 unspecified atom stereocenters. The van der Waals surface area contributed by atoms with E-state index in [1.54, 1.807) is 12.1 Å². The molecule has 0 saturated carbocycles. The van der Waals surface area contributed by atoms with Crippen molar-refractivity contribution in [2.24, 2.45) is 0 Å². The van der Waals surface area contributed by atoms with Gasteiger partial charge in [0.2, 0.25) is 0 Å². The van der Waals surface area contributed by atoms with Crippen molar-refractivity contribution in [3.63, 3.8) is 0 Å².